The fraction of sp³-hybridized carbons (Fsp3) is 0.300. The number of benzene rings is 1. The van der Waals surface area contributed by atoms with Crippen LogP contribution in [0.1, 0.15) is 5.56 Å². The third-order valence-corrected chi connectivity index (χ3v) is 1.77. The number of carbonyl (C=O) groups is 1. The molecule has 0 aliphatic rings. The molecule has 3 heteroatoms. The van der Waals surface area contributed by atoms with Crippen LogP contribution in [0.15, 0.2) is 30.3 Å². The largest absolute Gasteiger partial charge is 0.393 e. The first-order valence-electron chi connectivity index (χ1n) is 4.09. The van der Waals surface area contributed by atoms with E-state index >= 15 is 0 Å². The lowest BCUT2D eigenvalue weighted by Crippen LogP contribution is -2.25. The summed E-state index contributed by atoms with van der Waals surface area (Å²) in [5.41, 5.74) is 0.847. The van der Waals surface area contributed by atoms with E-state index in [0.29, 0.717) is 0 Å². The predicted molar refractivity (Wildman–Crippen MR) is 48.2 cm³/mol. The van der Waals surface area contributed by atoms with Gasteiger partial charge in [-0.2, -0.15) is 0 Å². The molecule has 0 aliphatic carbocycles. The van der Waals surface area contributed by atoms with Crippen LogP contribution in [0.2, 0.25) is 0 Å². The molecule has 2 N–H and O–H groups in total. The fourth-order valence-corrected chi connectivity index (χ4v) is 1.02. The minimum absolute atomic E-state index is 0.169. The first-order chi connectivity index (χ1) is 6.24. The van der Waals surface area contributed by atoms with Gasteiger partial charge in [0, 0.05) is 6.42 Å². The molecule has 13 heavy (non-hydrogen) atoms. The number of Topliss-reactive ketones (excluding diaryl/α,β-unsaturated/α-hetero) is 1. The van der Waals surface area contributed by atoms with Crippen molar-refractivity contribution < 1.29 is 15.0 Å². The first-order valence-corrected chi connectivity index (χ1v) is 4.09. The minimum Gasteiger partial charge on any atom is -0.393 e. The molecule has 0 aliphatic heterocycles. The highest BCUT2D eigenvalue weighted by atomic mass is 16.3. The molecule has 3 nitrogen and oxygen atoms in total. The Kier molecular flexibility index (Phi) is 3.61. The summed E-state index contributed by atoms with van der Waals surface area (Å²) in [7, 11) is 0. The Balaban J connectivity index is 2.55. The van der Waals surface area contributed by atoms with Gasteiger partial charge in [-0.25, -0.2) is 0 Å². The smallest absolute Gasteiger partial charge is 0.167 e. The van der Waals surface area contributed by atoms with E-state index in [1.54, 1.807) is 0 Å². The molecule has 1 aromatic carbocycles. The quantitative estimate of drug-likeness (QED) is 0.693. The zero-order valence-electron chi connectivity index (χ0n) is 7.18. The van der Waals surface area contributed by atoms with Gasteiger partial charge in [0.2, 0.25) is 0 Å². The third kappa shape index (κ3) is 2.97. The highest BCUT2D eigenvalue weighted by Gasteiger charge is 2.13. The first kappa shape index (κ1) is 9.89. The van der Waals surface area contributed by atoms with Crippen molar-refractivity contribution in [1.82, 2.24) is 0 Å². The summed E-state index contributed by atoms with van der Waals surface area (Å²) in [6, 6.07) is 9.13. The number of carbonyl (C=O) groups excluding carboxylic acids is 1. The highest BCUT2D eigenvalue weighted by molar-refractivity contribution is 5.85. The molecule has 1 rings (SSSR count). The second kappa shape index (κ2) is 4.74. The molecule has 0 fully saturated rings. The van der Waals surface area contributed by atoms with Gasteiger partial charge >= 0.3 is 0 Å². The number of ketones is 1. The van der Waals surface area contributed by atoms with Crippen LogP contribution in [0.3, 0.4) is 0 Å². The Morgan fingerprint density at radius 3 is 2.46 bits per heavy atom. The van der Waals surface area contributed by atoms with E-state index < -0.39 is 12.7 Å². The molecule has 1 atom stereocenters. The average molecular weight is 180 g/mol. The van der Waals surface area contributed by atoms with Crippen LogP contribution in [0, 0.1) is 0 Å². The molecule has 1 aromatic rings. The van der Waals surface area contributed by atoms with Crippen molar-refractivity contribution in [3.8, 4) is 0 Å². The van der Waals surface area contributed by atoms with E-state index in [1.807, 2.05) is 30.3 Å². The number of aliphatic hydroxyl groups excluding tert-OH is 2. The molecule has 0 spiro atoms. The maximum Gasteiger partial charge on any atom is 0.167 e. The van der Waals surface area contributed by atoms with Crippen LogP contribution in [-0.2, 0) is 11.2 Å². The normalized spacial score (nSPS) is 12.5. The molecule has 0 bridgehead atoms. The van der Waals surface area contributed by atoms with Gasteiger partial charge in [-0.1, -0.05) is 30.3 Å². The van der Waals surface area contributed by atoms with Crippen molar-refractivity contribution in [3.63, 3.8) is 0 Å². The van der Waals surface area contributed by atoms with Crippen molar-refractivity contribution >= 4 is 5.78 Å². The van der Waals surface area contributed by atoms with E-state index in [4.69, 9.17) is 10.2 Å². The Morgan fingerprint density at radius 2 is 1.92 bits per heavy atom. The van der Waals surface area contributed by atoms with E-state index in [2.05, 4.69) is 0 Å². The molecule has 0 heterocycles. The number of hydrogen-bond donors (Lipinski definition) is 2. The number of hydrogen-bond acceptors (Lipinski definition) is 3. The average Bonchev–Trinajstić information content (AvgIpc) is 2.18. The lowest BCUT2D eigenvalue weighted by Gasteiger charge is -2.05. The molecular formula is C10H12O3. The van der Waals surface area contributed by atoms with Gasteiger partial charge in [-0.15, -0.1) is 0 Å². The van der Waals surface area contributed by atoms with Crippen LogP contribution in [0.4, 0.5) is 0 Å². The molecule has 70 valence electrons. The molecule has 0 saturated heterocycles. The van der Waals surface area contributed by atoms with Gasteiger partial charge < -0.3 is 10.2 Å². The third-order valence-electron chi connectivity index (χ3n) is 1.77. The zero-order valence-corrected chi connectivity index (χ0v) is 7.18. The summed E-state index contributed by atoms with van der Waals surface area (Å²) < 4.78 is 0. The predicted octanol–water partition coefficient (Wildman–Crippen LogP) is 0.151. The van der Waals surface area contributed by atoms with E-state index in [1.165, 1.54) is 0 Å². The van der Waals surface area contributed by atoms with E-state index in [-0.39, 0.29) is 12.2 Å². The molecule has 0 saturated carbocycles. The van der Waals surface area contributed by atoms with Crippen molar-refractivity contribution in [2.24, 2.45) is 0 Å². The number of rotatable bonds is 4. The summed E-state index contributed by atoms with van der Waals surface area (Å²) in [5.74, 6) is -0.353. The van der Waals surface area contributed by atoms with E-state index in [9.17, 15) is 4.79 Å². The summed E-state index contributed by atoms with van der Waals surface area (Å²) >= 11 is 0. The Morgan fingerprint density at radius 1 is 1.31 bits per heavy atom. The van der Waals surface area contributed by atoms with Crippen LogP contribution in [0.5, 0.6) is 0 Å². The minimum atomic E-state index is -1.25. The van der Waals surface area contributed by atoms with Gasteiger partial charge in [0.05, 0.1) is 6.61 Å². The van der Waals surface area contributed by atoms with Crippen LogP contribution < -0.4 is 0 Å². The summed E-state index contributed by atoms with van der Waals surface area (Å²) in [5, 5.41) is 17.5. The van der Waals surface area contributed by atoms with Gasteiger partial charge in [0.15, 0.2) is 5.78 Å². The topological polar surface area (TPSA) is 57.5 Å². The maximum absolute atomic E-state index is 11.1. The molecule has 1 unspecified atom stereocenters. The lowest BCUT2D eigenvalue weighted by molar-refractivity contribution is -0.128. The lowest BCUT2D eigenvalue weighted by atomic mass is 10.1. The van der Waals surface area contributed by atoms with Gasteiger partial charge in [0.1, 0.15) is 6.10 Å². The molecule has 0 radical (unpaired) electrons. The standard InChI is InChI=1S/C10H12O3/c11-7-10(13)9(12)6-8-4-2-1-3-5-8/h1-5,10-11,13H,6-7H2. The Labute approximate surface area is 76.6 Å². The van der Waals surface area contributed by atoms with Crippen molar-refractivity contribution in [2.75, 3.05) is 6.61 Å². The SMILES string of the molecule is O=C(Cc1ccccc1)C(O)CO. The van der Waals surface area contributed by atoms with Crippen molar-refractivity contribution in [2.45, 2.75) is 12.5 Å². The van der Waals surface area contributed by atoms with Crippen LogP contribution >= 0.6 is 0 Å². The summed E-state index contributed by atoms with van der Waals surface area (Å²) in [6.45, 7) is -0.508. The highest BCUT2D eigenvalue weighted by Crippen LogP contribution is 2.01. The van der Waals surface area contributed by atoms with E-state index in [0.717, 1.165) is 5.56 Å². The molecular weight excluding hydrogens is 168 g/mol. The van der Waals surface area contributed by atoms with Crippen LogP contribution in [-0.4, -0.2) is 28.7 Å². The second-order valence-corrected chi connectivity index (χ2v) is 2.83. The zero-order chi connectivity index (χ0) is 9.68. The molecule has 0 amide bonds. The Hall–Kier alpha value is -1.19. The summed E-state index contributed by atoms with van der Waals surface area (Å²) in [6.07, 6.45) is -1.08. The monoisotopic (exact) mass is 180 g/mol. The van der Waals surface area contributed by atoms with Crippen molar-refractivity contribution in [3.05, 3.63) is 35.9 Å². The van der Waals surface area contributed by atoms with Gasteiger partial charge in [-0.3, -0.25) is 4.79 Å². The van der Waals surface area contributed by atoms with Gasteiger partial charge in [0.25, 0.3) is 0 Å². The Bertz CT molecular complexity index is 269. The van der Waals surface area contributed by atoms with Gasteiger partial charge in [-0.05, 0) is 5.56 Å². The van der Waals surface area contributed by atoms with Crippen LogP contribution in [0.25, 0.3) is 0 Å². The maximum atomic E-state index is 11.1. The second-order valence-electron chi connectivity index (χ2n) is 2.83. The fourth-order valence-electron chi connectivity index (χ4n) is 1.02. The molecule has 0 aromatic heterocycles. The number of aliphatic hydroxyl groups is 2. The summed E-state index contributed by atoms with van der Waals surface area (Å²) in [4.78, 5) is 11.1. The van der Waals surface area contributed by atoms with Crippen molar-refractivity contribution in [1.29, 1.82) is 0 Å².